The zero-order chi connectivity index (χ0) is 14.7. The number of rotatable bonds is 3. The maximum Gasteiger partial charge on any atom is 0.323 e. The lowest BCUT2D eigenvalue weighted by Crippen LogP contribution is -2.38. The highest BCUT2D eigenvalue weighted by Crippen LogP contribution is 2.36. The molecule has 21 heavy (non-hydrogen) atoms. The predicted molar refractivity (Wildman–Crippen MR) is 82.7 cm³/mol. The Hall–Kier alpha value is -1.61. The minimum atomic E-state index is -0.125. The molecule has 3 atom stereocenters. The van der Waals surface area contributed by atoms with Gasteiger partial charge in [0.2, 0.25) is 0 Å². The zero-order valence-corrected chi connectivity index (χ0v) is 12.5. The third kappa shape index (κ3) is 3.35. The minimum absolute atomic E-state index is 0.102. The van der Waals surface area contributed by atoms with Gasteiger partial charge in [0.1, 0.15) is 12.6 Å². The van der Waals surface area contributed by atoms with Gasteiger partial charge in [-0.25, -0.2) is 0 Å². The molecule has 1 saturated carbocycles. The van der Waals surface area contributed by atoms with Crippen LogP contribution in [-0.4, -0.2) is 18.1 Å². The molecule has 1 aromatic rings. The van der Waals surface area contributed by atoms with Gasteiger partial charge in [0.15, 0.2) is 0 Å². The van der Waals surface area contributed by atoms with Crippen molar-refractivity contribution in [1.29, 1.82) is 0 Å². The monoisotopic (exact) mass is 285 g/mol. The highest BCUT2D eigenvalue weighted by Gasteiger charge is 2.39. The summed E-state index contributed by atoms with van der Waals surface area (Å²) >= 11 is 0. The van der Waals surface area contributed by atoms with Gasteiger partial charge in [-0.3, -0.25) is 4.79 Å². The van der Waals surface area contributed by atoms with Crippen LogP contribution in [0.1, 0.15) is 38.2 Å². The van der Waals surface area contributed by atoms with E-state index in [0.29, 0.717) is 18.6 Å². The Kier molecular flexibility index (Phi) is 4.39. The molecule has 1 saturated heterocycles. The van der Waals surface area contributed by atoms with Gasteiger partial charge in [-0.05, 0) is 44.1 Å². The largest absolute Gasteiger partial charge is 0.460 e. The van der Waals surface area contributed by atoms with Crippen molar-refractivity contribution in [1.82, 2.24) is 5.32 Å². The first-order valence-corrected chi connectivity index (χ1v) is 7.87. The number of benzene rings is 1. The van der Waals surface area contributed by atoms with E-state index >= 15 is 0 Å². The SMILES string of the molecule is C/C=C1/CC[C@@H]2C[C@@H](C(=O)OCc3ccccc3)N[C@@H]2C1. The van der Waals surface area contributed by atoms with Gasteiger partial charge in [-0.15, -0.1) is 0 Å². The van der Waals surface area contributed by atoms with E-state index in [-0.39, 0.29) is 12.0 Å². The van der Waals surface area contributed by atoms with Gasteiger partial charge in [0, 0.05) is 6.04 Å². The summed E-state index contributed by atoms with van der Waals surface area (Å²) in [4.78, 5) is 12.2. The lowest BCUT2D eigenvalue weighted by Gasteiger charge is -2.26. The molecule has 1 heterocycles. The van der Waals surface area contributed by atoms with Gasteiger partial charge in [-0.1, -0.05) is 42.0 Å². The molecule has 1 aliphatic carbocycles. The molecule has 0 unspecified atom stereocenters. The fourth-order valence-corrected chi connectivity index (χ4v) is 3.49. The minimum Gasteiger partial charge on any atom is -0.460 e. The van der Waals surface area contributed by atoms with Crippen molar-refractivity contribution in [2.45, 2.75) is 51.3 Å². The number of ether oxygens (including phenoxy) is 1. The summed E-state index contributed by atoms with van der Waals surface area (Å²) in [6, 6.07) is 10.2. The number of allylic oxidation sites excluding steroid dienone is 1. The topological polar surface area (TPSA) is 38.3 Å². The van der Waals surface area contributed by atoms with E-state index in [4.69, 9.17) is 4.74 Å². The van der Waals surface area contributed by atoms with E-state index in [1.54, 1.807) is 0 Å². The van der Waals surface area contributed by atoms with Crippen molar-refractivity contribution in [2.75, 3.05) is 0 Å². The number of fused-ring (bicyclic) bond motifs is 1. The number of carbonyl (C=O) groups excluding carboxylic acids is 1. The molecule has 0 amide bonds. The smallest absolute Gasteiger partial charge is 0.323 e. The summed E-state index contributed by atoms with van der Waals surface area (Å²) in [5.74, 6) is 0.526. The number of hydrogen-bond donors (Lipinski definition) is 1. The molecule has 1 N–H and O–H groups in total. The number of nitrogens with one attached hydrogen (secondary N) is 1. The molecule has 3 nitrogen and oxygen atoms in total. The molecule has 0 spiro atoms. The second-order valence-corrected chi connectivity index (χ2v) is 6.10. The Morgan fingerprint density at radius 2 is 2.19 bits per heavy atom. The highest BCUT2D eigenvalue weighted by atomic mass is 16.5. The molecular weight excluding hydrogens is 262 g/mol. The summed E-state index contributed by atoms with van der Waals surface area (Å²) in [7, 11) is 0. The van der Waals surface area contributed by atoms with Crippen LogP contribution in [0.3, 0.4) is 0 Å². The van der Waals surface area contributed by atoms with Crippen molar-refractivity contribution in [2.24, 2.45) is 5.92 Å². The molecule has 112 valence electrons. The highest BCUT2D eigenvalue weighted by molar-refractivity contribution is 5.76. The molecule has 3 heteroatoms. The van der Waals surface area contributed by atoms with Gasteiger partial charge in [-0.2, -0.15) is 0 Å². The maximum atomic E-state index is 12.2. The van der Waals surface area contributed by atoms with Crippen LogP contribution in [0, 0.1) is 5.92 Å². The van der Waals surface area contributed by atoms with Crippen LogP contribution in [0.15, 0.2) is 42.0 Å². The lowest BCUT2D eigenvalue weighted by molar-refractivity contribution is -0.147. The normalized spacial score (nSPS) is 30.1. The van der Waals surface area contributed by atoms with Gasteiger partial charge < -0.3 is 10.1 Å². The van der Waals surface area contributed by atoms with Gasteiger partial charge >= 0.3 is 5.97 Å². The van der Waals surface area contributed by atoms with Crippen LogP contribution >= 0.6 is 0 Å². The predicted octanol–water partition coefficient (Wildman–Crippen LogP) is 3.21. The average molecular weight is 285 g/mol. The Bertz CT molecular complexity index is 523. The van der Waals surface area contributed by atoms with Gasteiger partial charge in [0.05, 0.1) is 0 Å². The fourth-order valence-electron chi connectivity index (χ4n) is 3.49. The average Bonchev–Trinajstić information content (AvgIpc) is 2.96. The Labute approximate surface area is 126 Å². The second kappa shape index (κ2) is 6.44. The van der Waals surface area contributed by atoms with E-state index in [9.17, 15) is 4.79 Å². The van der Waals surface area contributed by atoms with E-state index < -0.39 is 0 Å². The lowest BCUT2D eigenvalue weighted by atomic mass is 9.82. The van der Waals surface area contributed by atoms with Crippen molar-refractivity contribution in [3.05, 3.63) is 47.5 Å². The van der Waals surface area contributed by atoms with Crippen molar-refractivity contribution in [3.8, 4) is 0 Å². The summed E-state index contributed by atoms with van der Waals surface area (Å²) in [5.41, 5.74) is 2.56. The van der Waals surface area contributed by atoms with Gasteiger partial charge in [0.25, 0.3) is 0 Å². The fraction of sp³-hybridized carbons (Fsp3) is 0.500. The number of carbonyl (C=O) groups is 1. The molecule has 0 aromatic heterocycles. The molecule has 2 aliphatic rings. The van der Waals surface area contributed by atoms with Crippen LogP contribution in [0.2, 0.25) is 0 Å². The zero-order valence-electron chi connectivity index (χ0n) is 12.5. The molecule has 1 aliphatic heterocycles. The third-order valence-electron chi connectivity index (χ3n) is 4.76. The first-order valence-electron chi connectivity index (χ1n) is 7.87. The third-order valence-corrected chi connectivity index (χ3v) is 4.76. The number of esters is 1. The Morgan fingerprint density at radius 1 is 1.38 bits per heavy atom. The van der Waals surface area contributed by atoms with Crippen LogP contribution < -0.4 is 5.32 Å². The van der Waals surface area contributed by atoms with Crippen LogP contribution in [0.5, 0.6) is 0 Å². The molecule has 0 bridgehead atoms. The first-order chi connectivity index (χ1) is 10.3. The van der Waals surface area contributed by atoms with Crippen LogP contribution in [-0.2, 0) is 16.1 Å². The quantitative estimate of drug-likeness (QED) is 0.684. The molecule has 2 fully saturated rings. The van der Waals surface area contributed by atoms with E-state index in [2.05, 4.69) is 18.3 Å². The molecule has 1 aromatic carbocycles. The Balaban J connectivity index is 1.53. The van der Waals surface area contributed by atoms with Crippen molar-refractivity contribution < 1.29 is 9.53 Å². The van der Waals surface area contributed by atoms with E-state index in [1.807, 2.05) is 30.3 Å². The summed E-state index contributed by atoms with van der Waals surface area (Å²) in [6.07, 6.45) is 6.61. The molecule has 3 rings (SSSR count). The summed E-state index contributed by atoms with van der Waals surface area (Å²) < 4.78 is 5.46. The van der Waals surface area contributed by atoms with E-state index in [0.717, 1.165) is 18.4 Å². The summed E-state index contributed by atoms with van der Waals surface area (Å²) in [6.45, 7) is 2.48. The molecular formula is C18H23NO2. The van der Waals surface area contributed by atoms with Crippen LogP contribution in [0.25, 0.3) is 0 Å². The second-order valence-electron chi connectivity index (χ2n) is 6.10. The number of hydrogen-bond acceptors (Lipinski definition) is 3. The standard InChI is InChI=1S/C18H23NO2/c1-2-13-8-9-15-11-17(19-16(15)10-13)18(20)21-12-14-6-4-3-5-7-14/h2-7,15-17,19H,8-12H2,1H3/b13-2-/t15-,16-,17+/m1/s1. The Morgan fingerprint density at radius 3 is 2.95 bits per heavy atom. The summed E-state index contributed by atoms with van der Waals surface area (Å²) in [5, 5.41) is 3.48. The van der Waals surface area contributed by atoms with Crippen molar-refractivity contribution >= 4 is 5.97 Å². The first kappa shape index (κ1) is 14.3. The molecule has 0 radical (unpaired) electrons. The van der Waals surface area contributed by atoms with Crippen LogP contribution in [0.4, 0.5) is 0 Å². The maximum absolute atomic E-state index is 12.2. The van der Waals surface area contributed by atoms with E-state index in [1.165, 1.54) is 18.4 Å². The van der Waals surface area contributed by atoms with Crippen molar-refractivity contribution in [3.63, 3.8) is 0 Å².